The summed E-state index contributed by atoms with van der Waals surface area (Å²) < 4.78 is 13.5. The van der Waals surface area contributed by atoms with Gasteiger partial charge in [0.2, 0.25) is 0 Å². The molecule has 132 valence electrons. The number of nitrogens with zero attached hydrogens (tertiary/aromatic N) is 1. The molecular formula is C22H21FN2O. The number of aromatic nitrogens is 1. The molecule has 0 radical (unpaired) electrons. The summed E-state index contributed by atoms with van der Waals surface area (Å²) in [5, 5.41) is 10.8. The summed E-state index contributed by atoms with van der Waals surface area (Å²) in [6.45, 7) is 5.53. The molecule has 1 N–H and O–H groups in total. The van der Waals surface area contributed by atoms with Crippen molar-refractivity contribution in [3.63, 3.8) is 0 Å². The van der Waals surface area contributed by atoms with Crippen LogP contribution in [0.25, 0.3) is 10.9 Å². The number of fused-ring (bicyclic) bond motifs is 1. The number of nitriles is 1. The quantitative estimate of drug-likeness (QED) is 0.751. The zero-order valence-corrected chi connectivity index (χ0v) is 15.2. The van der Waals surface area contributed by atoms with Crippen LogP contribution < -0.4 is 5.56 Å². The summed E-state index contributed by atoms with van der Waals surface area (Å²) in [7, 11) is 0. The Bertz CT molecular complexity index is 1080. The van der Waals surface area contributed by atoms with Gasteiger partial charge in [-0.25, -0.2) is 4.39 Å². The van der Waals surface area contributed by atoms with Crippen molar-refractivity contribution in [1.82, 2.24) is 4.98 Å². The van der Waals surface area contributed by atoms with Crippen LogP contribution in [0.15, 0.2) is 47.3 Å². The van der Waals surface area contributed by atoms with Crippen molar-refractivity contribution < 1.29 is 4.39 Å². The van der Waals surface area contributed by atoms with Gasteiger partial charge in [-0.1, -0.05) is 31.2 Å². The zero-order chi connectivity index (χ0) is 18.9. The molecular weight excluding hydrogens is 327 g/mol. The maximum atomic E-state index is 13.5. The molecule has 0 saturated heterocycles. The van der Waals surface area contributed by atoms with Crippen LogP contribution in [0.5, 0.6) is 0 Å². The van der Waals surface area contributed by atoms with Gasteiger partial charge in [0.15, 0.2) is 0 Å². The Hall–Kier alpha value is -2.93. The molecule has 0 spiro atoms. The van der Waals surface area contributed by atoms with E-state index in [0.717, 1.165) is 27.6 Å². The van der Waals surface area contributed by atoms with Crippen LogP contribution in [0, 0.1) is 24.1 Å². The van der Waals surface area contributed by atoms with Crippen LogP contribution >= 0.6 is 0 Å². The fourth-order valence-electron chi connectivity index (χ4n) is 3.28. The number of halogens is 1. The molecule has 26 heavy (non-hydrogen) atoms. The summed E-state index contributed by atoms with van der Waals surface area (Å²) in [6.07, 6.45) is 1.14. The normalized spacial score (nSPS) is 13.3. The highest BCUT2D eigenvalue weighted by Gasteiger charge is 2.27. The zero-order valence-electron chi connectivity index (χ0n) is 15.2. The minimum Gasteiger partial charge on any atom is -0.322 e. The molecule has 0 bridgehead atoms. The Morgan fingerprint density at radius 1 is 1.19 bits per heavy atom. The molecule has 1 heterocycles. The Kier molecular flexibility index (Phi) is 4.65. The van der Waals surface area contributed by atoms with Crippen LogP contribution in [0.2, 0.25) is 0 Å². The van der Waals surface area contributed by atoms with Gasteiger partial charge in [0, 0.05) is 11.1 Å². The molecule has 0 amide bonds. The lowest BCUT2D eigenvalue weighted by Crippen LogP contribution is -2.23. The van der Waals surface area contributed by atoms with Crippen LogP contribution in [-0.2, 0) is 18.3 Å². The highest BCUT2D eigenvalue weighted by molar-refractivity contribution is 5.80. The number of H-pyrrole nitrogens is 1. The van der Waals surface area contributed by atoms with Crippen LogP contribution in [-0.4, -0.2) is 4.98 Å². The number of hydrogen-bond acceptors (Lipinski definition) is 2. The Morgan fingerprint density at radius 3 is 2.62 bits per heavy atom. The van der Waals surface area contributed by atoms with Crippen molar-refractivity contribution in [3.8, 4) is 6.07 Å². The van der Waals surface area contributed by atoms with Crippen molar-refractivity contribution in [2.45, 2.75) is 39.0 Å². The largest absolute Gasteiger partial charge is 0.322 e. The number of rotatable bonds is 4. The average Bonchev–Trinajstić information content (AvgIpc) is 2.63. The average molecular weight is 348 g/mol. The summed E-state index contributed by atoms with van der Waals surface area (Å²) in [5.74, 6) is -0.248. The Balaban J connectivity index is 2.04. The molecule has 1 unspecified atom stereocenters. The number of aryl methyl sites for hydroxylation is 2. The van der Waals surface area contributed by atoms with Gasteiger partial charge in [0.1, 0.15) is 5.82 Å². The van der Waals surface area contributed by atoms with E-state index >= 15 is 0 Å². The predicted octanol–water partition coefficient (Wildman–Crippen LogP) is 4.56. The van der Waals surface area contributed by atoms with Crippen molar-refractivity contribution in [2.75, 3.05) is 0 Å². The standard InChI is InChI=1S/C22H21FN2O/c1-4-16-10-17-6-7-18(11-20(17)25-21(16)26)22(3,13-24)12-15-5-8-19(23)14(2)9-15/h5-11H,4,12H2,1-3H3,(H,25,26). The van der Waals surface area contributed by atoms with Gasteiger partial charge in [-0.3, -0.25) is 4.79 Å². The lowest BCUT2D eigenvalue weighted by Gasteiger charge is -2.23. The van der Waals surface area contributed by atoms with Gasteiger partial charge >= 0.3 is 0 Å². The molecule has 3 rings (SSSR count). The number of nitrogens with one attached hydrogen (secondary N) is 1. The molecule has 0 fully saturated rings. The third-order valence-electron chi connectivity index (χ3n) is 4.97. The Labute approximate surface area is 152 Å². The SMILES string of the molecule is CCc1cc2ccc(C(C)(C#N)Cc3ccc(F)c(C)c3)cc2[nH]c1=O. The molecule has 4 heteroatoms. The van der Waals surface area contributed by atoms with E-state index in [1.807, 2.05) is 38.1 Å². The summed E-state index contributed by atoms with van der Waals surface area (Å²) in [5.41, 5.74) is 2.90. The van der Waals surface area contributed by atoms with Gasteiger partial charge < -0.3 is 4.98 Å². The van der Waals surface area contributed by atoms with Gasteiger partial charge in [-0.05, 0) is 67.0 Å². The van der Waals surface area contributed by atoms with Crippen LogP contribution in [0.1, 0.15) is 36.1 Å². The van der Waals surface area contributed by atoms with Gasteiger partial charge in [-0.15, -0.1) is 0 Å². The summed E-state index contributed by atoms with van der Waals surface area (Å²) >= 11 is 0. The fourth-order valence-corrected chi connectivity index (χ4v) is 3.28. The summed E-state index contributed by atoms with van der Waals surface area (Å²) in [6, 6.07) is 15.0. The molecule has 0 aliphatic rings. The Morgan fingerprint density at radius 2 is 1.96 bits per heavy atom. The number of pyridine rings is 1. The second-order valence-electron chi connectivity index (χ2n) is 6.98. The molecule has 3 aromatic rings. The lowest BCUT2D eigenvalue weighted by atomic mass is 9.78. The second kappa shape index (κ2) is 6.76. The first kappa shape index (κ1) is 17.9. The third kappa shape index (κ3) is 3.25. The molecule has 0 aliphatic heterocycles. The van der Waals surface area contributed by atoms with Crippen molar-refractivity contribution >= 4 is 10.9 Å². The molecule has 1 atom stereocenters. The van der Waals surface area contributed by atoms with Crippen molar-refractivity contribution in [3.05, 3.63) is 80.9 Å². The van der Waals surface area contributed by atoms with Crippen molar-refractivity contribution in [2.24, 2.45) is 0 Å². The van der Waals surface area contributed by atoms with E-state index < -0.39 is 5.41 Å². The molecule has 2 aromatic carbocycles. The summed E-state index contributed by atoms with van der Waals surface area (Å²) in [4.78, 5) is 15.0. The van der Waals surface area contributed by atoms with Gasteiger partial charge in [0.25, 0.3) is 5.56 Å². The van der Waals surface area contributed by atoms with E-state index in [1.54, 1.807) is 19.1 Å². The van der Waals surface area contributed by atoms with E-state index in [9.17, 15) is 14.4 Å². The van der Waals surface area contributed by atoms with E-state index in [0.29, 0.717) is 18.4 Å². The highest BCUT2D eigenvalue weighted by Crippen LogP contribution is 2.30. The van der Waals surface area contributed by atoms with E-state index in [1.165, 1.54) is 6.07 Å². The third-order valence-corrected chi connectivity index (χ3v) is 4.97. The smallest absolute Gasteiger partial charge is 0.251 e. The first-order chi connectivity index (χ1) is 12.4. The number of benzene rings is 2. The van der Waals surface area contributed by atoms with E-state index in [2.05, 4.69) is 11.1 Å². The fraction of sp³-hybridized carbons (Fsp3) is 0.273. The van der Waals surface area contributed by atoms with Gasteiger partial charge in [-0.2, -0.15) is 5.26 Å². The topological polar surface area (TPSA) is 56.6 Å². The lowest BCUT2D eigenvalue weighted by molar-refractivity contribution is 0.597. The van der Waals surface area contributed by atoms with E-state index in [4.69, 9.17) is 0 Å². The first-order valence-corrected chi connectivity index (χ1v) is 8.69. The number of aromatic amines is 1. The molecule has 0 aliphatic carbocycles. The van der Waals surface area contributed by atoms with Crippen LogP contribution in [0.3, 0.4) is 0 Å². The van der Waals surface area contributed by atoms with Crippen molar-refractivity contribution in [1.29, 1.82) is 5.26 Å². The monoisotopic (exact) mass is 348 g/mol. The first-order valence-electron chi connectivity index (χ1n) is 8.69. The molecule has 0 saturated carbocycles. The van der Waals surface area contributed by atoms with Gasteiger partial charge in [0.05, 0.1) is 11.5 Å². The second-order valence-corrected chi connectivity index (χ2v) is 6.98. The molecule has 1 aromatic heterocycles. The molecule has 3 nitrogen and oxygen atoms in total. The van der Waals surface area contributed by atoms with Crippen LogP contribution in [0.4, 0.5) is 4.39 Å². The predicted molar refractivity (Wildman–Crippen MR) is 102 cm³/mol. The minimum absolute atomic E-state index is 0.0926. The number of hydrogen-bond donors (Lipinski definition) is 1. The highest BCUT2D eigenvalue weighted by atomic mass is 19.1. The maximum Gasteiger partial charge on any atom is 0.251 e. The van der Waals surface area contributed by atoms with E-state index in [-0.39, 0.29) is 11.4 Å². The minimum atomic E-state index is -0.779. The maximum absolute atomic E-state index is 13.5.